The van der Waals surface area contributed by atoms with Gasteiger partial charge < -0.3 is 11.1 Å². The Balaban J connectivity index is 1.48. The first-order valence-corrected chi connectivity index (χ1v) is 11.1. The molecule has 2 aromatic carbocycles. The van der Waals surface area contributed by atoms with Crippen LogP contribution in [0.2, 0.25) is 5.02 Å². The number of aryl methyl sites for hydroxylation is 1. The summed E-state index contributed by atoms with van der Waals surface area (Å²) in [4.78, 5) is 27.7. The molecular formula is C20H17ClN6OS2. The smallest absolute Gasteiger partial charge is 0.252 e. The van der Waals surface area contributed by atoms with Gasteiger partial charge in [-0.1, -0.05) is 41.6 Å². The average molecular weight is 457 g/mol. The van der Waals surface area contributed by atoms with E-state index in [2.05, 4.69) is 25.3 Å². The van der Waals surface area contributed by atoms with Gasteiger partial charge in [0, 0.05) is 22.5 Å². The monoisotopic (exact) mass is 456 g/mol. The minimum absolute atomic E-state index is 0.0917. The quantitative estimate of drug-likeness (QED) is 0.228. The van der Waals surface area contributed by atoms with Crippen LogP contribution in [0, 0.1) is 6.92 Å². The van der Waals surface area contributed by atoms with E-state index in [0.717, 1.165) is 20.1 Å². The van der Waals surface area contributed by atoms with Gasteiger partial charge in [-0.25, -0.2) is 9.97 Å². The lowest BCUT2D eigenvalue weighted by Crippen LogP contribution is -2.22. The number of hydrogen-bond acceptors (Lipinski definition) is 6. The summed E-state index contributed by atoms with van der Waals surface area (Å²) in [5.41, 5.74) is 8.86. The maximum absolute atomic E-state index is 12.0. The fourth-order valence-corrected chi connectivity index (χ4v) is 4.77. The van der Waals surface area contributed by atoms with Gasteiger partial charge in [-0.15, -0.1) is 11.3 Å². The number of aliphatic imine (C=N–C) groups is 1. The Labute approximate surface area is 185 Å². The van der Waals surface area contributed by atoms with Crippen molar-refractivity contribution in [1.29, 1.82) is 0 Å². The molecule has 0 atom stereocenters. The van der Waals surface area contributed by atoms with Gasteiger partial charge >= 0.3 is 0 Å². The van der Waals surface area contributed by atoms with Crippen LogP contribution in [0.3, 0.4) is 0 Å². The van der Waals surface area contributed by atoms with Crippen LogP contribution in [0.1, 0.15) is 11.3 Å². The fourth-order valence-electron chi connectivity index (χ4n) is 2.63. The van der Waals surface area contributed by atoms with E-state index in [9.17, 15) is 4.79 Å². The molecule has 0 fully saturated rings. The first-order valence-electron chi connectivity index (χ1n) is 8.92. The molecule has 4 N–H and O–H groups in total. The zero-order valence-electron chi connectivity index (χ0n) is 15.8. The molecule has 4 rings (SSSR count). The molecule has 0 saturated carbocycles. The molecule has 0 aliphatic carbocycles. The second-order valence-corrected chi connectivity index (χ2v) is 9.04. The maximum atomic E-state index is 12.0. The Bertz CT molecular complexity index is 1270. The van der Waals surface area contributed by atoms with Gasteiger partial charge in [-0.05, 0) is 36.8 Å². The predicted molar refractivity (Wildman–Crippen MR) is 125 cm³/mol. The summed E-state index contributed by atoms with van der Waals surface area (Å²) < 4.78 is 2.04. The van der Waals surface area contributed by atoms with Crippen molar-refractivity contribution in [2.24, 2.45) is 10.7 Å². The van der Waals surface area contributed by atoms with E-state index >= 15 is 0 Å². The molecule has 0 amide bonds. The number of H-pyrrole nitrogens is 1. The van der Waals surface area contributed by atoms with Crippen LogP contribution < -0.4 is 16.6 Å². The third-order valence-electron chi connectivity index (χ3n) is 4.07. The number of aromatic nitrogens is 3. The van der Waals surface area contributed by atoms with E-state index in [1.807, 2.05) is 43.3 Å². The van der Waals surface area contributed by atoms with Crippen LogP contribution in [-0.2, 0) is 5.75 Å². The van der Waals surface area contributed by atoms with Crippen molar-refractivity contribution in [2.45, 2.75) is 17.0 Å². The molecule has 0 aliphatic heterocycles. The van der Waals surface area contributed by atoms with Crippen molar-refractivity contribution < 1.29 is 0 Å². The standard InChI is InChI=1S/C20H17ClN6OS2/c1-11-6-7-12(8-14(11)21)23-18(22)27-19-24-13(9-17(28)26-19)10-29-20-25-15-4-2-3-5-16(15)30-20/h2-9H,10H2,1H3,(H4,22,23,24,26,27,28). The lowest BCUT2D eigenvalue weighted by Gasteiger charge is -2.07. The van der Waals surface area contributed by atoms with Crippen LogP contribution in [0.15, 0.2) is 62.7 Å². The number of aromatic amines is 1. The Morgan fingerprint density at radius 2 is 2.10 bits per heavy atom. The van der Waals surface area contributed by atoms with E-state index in [0.29, 0.717) is 22.2 Å². The number of nitrogens with one attached hydrogen (secondary N) is 2. The van der Waals surface area contributed by atoms with Crippen LogP contribution in [-0.4, -0.2) is 20.9 Å². The Morgan fingerprint density at radius 1 is 1.27 bits per heavy atom. The lowest BCUT2D eigenvalue weighted by atomic mass is 10.2. The Morgan fingerprint density at radius 3 is 2.90 bits per heavy atom. The fraction of sp³-hybridized carbons (Fsp3) is 0.100. The summed E-state index contributed by atoms with van der Waals surface area (Å²) in [6.07, 6.45) is 0. The molecule has 0 aliphatic rings. The zero-order valence-corrected chi connectivity index (χ0v) is 18.2. The molecule has 30 heavy (non-hydrogen) atoms. The first-order chi connectivity index (χ1) is 14.5. The third kappa shape index (κ3) is 4.99. The summed E-state index contributed by atoms with van der Waals surface area (Å²) in [5, 5.41) is 3.56. The largest absolute Gasteiger partial charge is 0.369 e. The normalized spacial score (nSPS) is 11.7. The molecule has 7 nitrogen and oxygen atoms in total. The SMILES string of the molecule is Cc1ccc(NC(N)=Nc2nc(CSc3nc4ccccc4s3)cc(=O)[nH]2)cc1Cl. The highest BCUT2D eigenvalue weighted by Crippen LogP contribution is 2.31. The second kappa shape index (κ2) is 8.86. The van der Waals surface area contributed by atoms with Crippen molar-refractivity contribution in [2.75, 3.05) is 5.32 Å². The van der Waals surface area contributed by atoms with Gasteiger partial charge in [0.15, 0.2) is 4.34 Å². The molecule has 0 radical (unpaired) electrons. The van der Waals surface area contributed by atoms with E-state index in [4.69, 9.17) is 17.3 Å². The Kier molecular flexibility index (Phi) is 6.03. The number of halogens is 1. The van der Waals surface area contributed by atoms with Crippen LogP contribution in [0.25, 0.3) is 10.2 Å². The summed E-state index contributed by atoms with van der Waals surface area (Å²) in [6.45, 7) is 1.91. The van der Waals surface area contributed by atoms with E-state index in [1.165, 1.54) is 17.8 Å². The number of benzene rings is 2. The van der Waals surface area contributed by atoms with Gasteiger partial charge in [0.05, 0.1) is 15.9 Å². The summed E-state index contributed by atoms with van der Waals surface area (Å²) in [5.74, 6) is 0.715. The number of fused-ring (bicyclic) bond motifs is 1. The number of thioether (sulfide) groups is 1. The number of nitrogens with two attached hydrogens (primary N) is 1. The van der Waals surface area contributed by atoms with Crippen LogP contribution in [0.5, 0.6) is 0 Å². The zero-order chi connectivity index (χ0) is 21.1. The van der Waals surface area contributed by atoms with Gasteiger partial charge in [0.2, 0.25) is 11.9 Å². The average Bonchev–Trinajstić information content (AvgIpc) is 3.12. The van der Waals surface area contributed by atoms with Gasteiger partial charge in [0.25, 0.3) is 5.56 Å². The summed E-state index contributed by atoms with van der Waals surface area (Å²) in [7, 11) is 0. The third-order valence-corrected chi connectivity index (χ3v) is 6.69. The van der Waals surface area contributed by atoms with Crippen molar-refractivity contribution in [3.8, 4) is 0 Å². The highest BCUT2D eigenvalue weighted by Gasteiger charge is 2.07. The van der Waals surface area contributed by atoms with Crippen LogP contribution in [0.4, 0.5) is 11.6 Å². The molecule has 0 bridgehead atoms. The number of anilines is 1. The Hall–Kier alpha value is -2.88. The molecule has 0 spiro atoms. The number of para-hydroxylation sites is 1. The van der Waals surface area contributed by atoms with Crippen molar-refractivity contribution in [3.05, 3.63) is 75.2 Å². The van der Waals surface area contributed by atoms with Gasteiger partial charge in [-0.3, -0.25) is 9.78 Å². The molecule has 2 aromatic heterocycles. The molecule has 10 heteroatoms. The number of nitrogens with zero attached hydrogens (tertiary/aromatic N) is 3. The predicted octanol–water partition coefficient (Wildman–Crippen LogP) is 4.69. The van der Waals surface area contributed by atoms with Crippen LogP contribution >= 0.6 is 34.7 Å². The minimum atomic E-state index is -0.296. The number of guanidine groups is 1. The molecular weight excluding hydrogens is 440 g/mol. The highest BCUT2D eigenvalue weighted by atomic mass is 35.5. The molecule has 0 unspecified atom stereocenters. The van der Waals surface area contributed by atoms with Gasteiger partial charge in [0.1, 0.15) is 0 Å². The number of thiazole rings is 1. The van der Waals surface area contributed by atoms with Crippen molar-refractivity contribution in [1.82, 2.24) is 15.0 Å². The topological polar surface area (TPSA) is 109 Å². The van der Waals surface area contributed by atoms with E-state index in [-0.39, 0.29) is 17.5 Å². The van der Waals surface area contributed by atoms with Gasteiger partial charge in [-0.2, -0.15) is 4.99 Å². The first kappa shape index (κ1) is 20.4. The maximum Gasteiger partial charge on any atom is 0.252 e. The van der Waals surface area contributed by atoms with Crippen molar-refractivity contribution in [3.63, 3.8) is 0 Å². The summed E-state index contributed by atoms with van der Waals surface area (Å²) >= 11 is 9.25. The van der Waals surface area contributed by atoms with E-state index in [1.54, 1.807) is 17.4 Å². The number of rotatable bonds is 5. The van der Waals surface area contributed by atoms with E-state index < -0.39 is 0 Å². The minimum Gasteiger partial charge on any atom is -0.369 e. The highest BCUT2D eigenvalue weighted by molar-refractivity contribution is 8.00. The molecule has 0 saturated heterocycles. The number of hydrogen-bond donors (Lipinski definition) is 3. The molecule has 2 heterocycles. The second-order valence-electron chi connectivity index (χ2n) is 6.38. The van der Waals surface area contributed by atoms with Crippen molar-refractivity contribution >= 4 is 62.5 Å². The summed E-state index contributed by atoms with van der Waals surface area (Å²) in [6, 6.07) is 14.9. The molecule has 152 valence electrons. The molecule has 4 aromatic rings. The lowest BCUT2D eigenvalue weighted by molar-refractivity contribution is 1.04.